The van der Waals surface area contributed by atoms with Crippen LogP contribution in [0.25, 0.3) is 11.3 Å². The van der Waals surface area contributed by atoms with Crippen LogP contribution in [0.5, 0.6) is 0 Å². The monoisotopic (exact) mass is 396 g/mol. The Kier molecular flexibility index (Phi) is 5.17. The first-order valence-electron chi connectivity index (χ1n) is 8.05. The Bertz CT molecular complexity index is 1010. The highest BCUT2D eigenvalue weighted by Crippen LogP contribution is 2.31. The summed E-state index contributed by atoms with van der Waals surface area (Å²) >= 11 is 0. The van der Waals surface area contributed by atoms with Gasteiger partial charge in [-0.05, 0) is 42.8 Å². The molecule has 0 saturated carbocycles. The van der Waals surface area contributed by atoms with Gasteiger partial charge in [-0.15, -0.1) is 0 Å². The van der Waals surface area contributed by atoms with E-state index in [0.717, 1.165) is 24.3 Å². The second-order valence-corrected chi connectivity index (χ2v) is 6.02. The van der Waals surface area contributed by atoms with Crippen LogP contribution < -0.4 is 5.32 Å². The molecule has 146 valence electrons. The molecule has 1 N–H and O–H groups in total. The summed E-state index contributed by atoms with van der Waals surface area (Å²) in [6, 6.07) is 8.12. The summed E-state index contributed by atoms with van der Waals surface area (Å²) in [6.45, 7) is 1.52. The molecule has 3 aromatic rings. The lowest BCUT2D eigenvalue weighted by Crippen LogP contribution is -2.27. The zero-order valence-corrected chi connectivity index (χ0v) is 14.3. The van der Waals surface area contributed by atoms with Crippen LogP contribution in [0.1, 0.15) is 34.6 Å². The molecule has 0 aliphatic heterocycles. The van der Waals surface area contributed by atoms with E-state index >= 15 is 0 Å². The van der Waals surface area contributed by atoms with Crippen molar-refractivity contribution in [1.82, 2.24) is 10.5 Å². The van der Waals surface area contributed by atoms with Gasteiger partial charge in [0.2, 0.25) is 0 Å². The standard InChI is InChI=1S/C19H13F5N2O2/c1-10(11-3-2-4-13(7-11)19(22,23)24)25-18(27)16-9-17(28-26-16)12-5-6-14(20)15(21)8-12/h2-10H,1H3,(H,25,27). The molecule has 1 heterocycles. The summed E-state index contributed by atoms with van der Waals surface area (Å²) in [5.74, 6) is -2.77. The number of alkyl halides is 3. The van der Waals surface area contributed by atoms with Gasteiger partial charge < -0.3 is 9.84 Å². The Morgan fingerprint density at radius 1 is 1.07 bits per heavy atom. The minimum absolute atomic E-state index is 0.0378. The fourth-order valence-electron chi connectivity index (χ4n) is 2.51. The summed E-state index contributed by atoms with van der Waals surface area (Å²) in [6.07, 6.45) is -4.49. The van der Waals surface area contributed by atoms with E-state index in [-0.39, 0.29) is 22.6 Å². The smallest absolute Gasteiger partial charge is 0.355 e. The predicted octanol–water partition coefficient (Wildman–Crippen LogP) is 5.13. The molecule has 1 aromatic heterocycles. The Morgan fingerprint density at radius 3 is 2.50 bits per heavy atom. The van der Waals surface area contributed by atoms with Crippen LogP contribution in [0.2, 0.25) is 0 Å². The predicted molar refractivity (Wildman–Crippen MR) is 89.2 cm³/mol. The van der Waals surface area contributed by atoms with Gasteiger partial charge in [-0.3, -0.25) is 4.79 Å². The molecule has 0 bridgehead atoms. The third kappa shape index (κ3) is 4.19. The van der Waals surface area contributed by atoms with E-state index in [9.17, 15) is 26.7 Å². The van der Waals surface area contributed by atoms with Crippen LogP contribution in [0.15, 0.2) is 53.1 Å². The first kappa shape index (κ1) is 19.5. The summed E-state index contributed by atoms with van der Waals surface area (Å²) < 4.78 is 69.7. The summed E-state index contributed by atoms with van der Waals surface area (Å²) in [4.78, 5) is 12.3. The number of halogens is 5. The third-order valence-corrected chi connectivity index (χ3v) is 4.01. The molecule has 3 rings (SSSR count). The molecule has 0 saturated heterocycles. The molecular weight excluding hydrogens is 383 g/mol. The zero-order valence-electron chi connectivity index (χ0n) is 14.3. The van der Waals surface area contributed by atoms with E-state index in [2.05, 4.69) is 10.5 Å². The van der Waals surface area contributed by atoms with Gasteiger partial charge in [0.1, 0.15) is 0 Å². The van der Waals surface area contributed by atoms with Gasteiger partial charge in [0, 0.05) is 11.6 Å². The van der Waals surface area contributed by atoms with Gasteiger partial charge in [-0.1, -0.05) is 17.3 Å². The molecule has 0 spiro atoms. The molecule has 0 aliphatic rings. The molecule has 28 heavy (non-hydrogen) atoms. The van der Waals surface area contributed by atoms with E-state index in [0.29, 0.717) is 0 Å². The van der Waals surface area contributed by atoms with E-state index in [1.807, 2.05) is 0 Å². The summed E-state index contributed by atoms with van der Waals surface area (Å²) in [5.41, 5.74) is -0.546. The summed E-state index contributed by atoms with van der Waals surface area (Å²) in [7, 11) is 0. The van der Waals surface area contributed by atoms with E-state index in [4.69, 9.17) is 4.52 Å². The number of amides is 1. The van der Waals surface area contributed by atoms with E-state index in [1.54, 1.807) is 0 Å². The van der Waals surface area contributed by atoms with Crippen LogP contribution in [-0.2, 0) is 6.18 Å². The van der Waals surface area contributed by atoms with Crippen molar-refractivity contribution in [1.29, 1.82) is 0 Å². The second kappa shape index (κ2) is 7.41. The second-order valence-electron chi connectivity index (χ2n) is 6.02. The van der Waals surface area contributed by atoms with Gasteiger partial charge >= 0.3 is 6.18 Å². The molecule has 1 atom stereocenters. The van der Waals surface area contributed by atoms with Crippen LogP contribution in [0.4, 0.5) is 22.0 Å². The Labute approximate surface area is 156 Å². The lowest BCUT2D eigenvalue weighted by atomic mass is 10.0. The van der Waals surface area contributed by atoms with Gasteiger partial charge in [-0.2, -0.15) is 13.2 Å². The number of benzene rings is 2. The lowest BCUT2D eigenvalue weighted by molar-refractivity contribution is -0.137. The minimum Gasteiger partial charge on any atom is -0.355 e. The topological polar surface area (TPSA) is 55.1 Å². The highest BCUT2D eigenvalue weighted by atomic mass is 19.4. The van der Waals surface area contributed by atoms with Crippen molar-refractivity contribution in [3.05, 3.63) is 77.0 Å². The highest BCUT2D eigenvalue weighted by Gasteiger charge is 2.30. The van der Waals surface area contributed by atoms with Gasteiger partial charge in [0.25, 0.3) is 5.91 Å². The van der Waals surface area contributed by atoms with Crippen molar-refractivity contribution in [3.63, 3.8) is 0 Å². The zero-order chi connectivity index (χ0) is 20.5. The van der Waals surface area contributed by atoms with Crippen molar-refractivity contribution in [2.75, 3.05) is 0 Å². The SMILES string of the molecule is CC(NC(=O)c1cc(-c2ccc(F)c(F)c2)on1)c1cccc(C(F)(F)F)c1. The maximum absolute atomic E-state index is 13.3. The normalized spacial score (nSPS) is 12.6. The molecule has 4 nitrogen and oxygen atoms in total. The first-order valence-corrected chi connectivity index (χ1v) is 8.05. The molecule has 0 radical (unpaired) electrons. The molecule has 2 aromatic carbocycles. The van der Waals surface area contributed by atoms with E-state index in [1.165, 1.54) is 31.2 Å². The lowest BCUT2D eigenvalue weighted by Gasteiger charge is -2.15. The van der Waals surface area contributed by atoms with Gasteiger partial charge in [0.15, 0.2) is 23.1 Å². The molecule has 0 fully saturated rings. The van der Waals surface area contributed by atoms with Crippen LogP contribution in [-0.4, -0.2) is 11.1 Å². The van der Waals surface area contributed by atoms with Crippen LogP contribution >= 0.6 is 0 Å². The average Bonchev–Trinajstić information content (AvgIpc) is 3.13. The Hall–Kier alpha value is -3.23. The largest absolute Gasteiger partial charge is 0.416 e. The highest BCUT2D eigenvalue weighted by molar-refractivity contribution is 5.93. The molecule has 9 heteroatoms. The molecular formula is C19H13F5N2O2. The van der Waals surface area contributed by atoms with Crippen molar-refractivity contribution in [2.24, 2.45) is 0 Å². The number of aromatic nitrogens is 1. The fourth-order valence-corrected chi connectivity index (χ4v) is 2.51. The minimum atomic E-state index is -4.49. The van der Waals surface area contributed by atoms with Crippen LogP contribution in [0, 0.1) is 11.6 Å². The average molecular weight is 396 g/mol. The molecule has 1 amide bonds. The van der Waals surface area contributed by atoms with Crippen molar-refractivity contribution >= 4 is 5.91 Å². The number of hydrogen-bond donors (Lipinski definition) is 1. The molecule has 0 aliphatic carbocycles. The maximum Gasteiger partial charge on any atom is 0.416 e. The number of nitrogens with zero attached hydrogens (tertiary/aromatic N) is 1. The van der Waals surface area contributed by atoms with Crippen molar-refractivity contribution < 1.29 is 31.3 Å². The Morgan fingerprint density at radius 2 is 1.82 bits per heavy atom. The van der Waals surface area contributed by atoms with Crippen molar-refractivity contribution in [3.8, 4) is 11.3 Å². The first-order chi connectivity index (χ1) is 13.1. The number of rotatable bonds is 4. The number of hydrogen-bond acceptors (Lipinski definition) is 3. The van der Waals surface area contributed by atoms with Gasteiger partial charge in [0.05, 0.1) is 11.6 Å². The quantitative estimate of drug-likeness (QED) is 0.622. The number of carbonyl (C=O) groups excluding carboxylic acids is 1. The Balaban J connectivity index is 1.75. The number of nitrogens with one attached hydrogen (secondary N) is 1. The molecule has 1 unspecified atom stereocenters. The van der Waals surface area contributed by atoms with Crippen LogP contribution in [0.3, 0.4) is 0 Å². The fraction of sp³-hybridized carbons (Fsp3) is 0.158. The maximum atomic E-state index is 13.3. The number of carbonyl (C=O) groups is 1. The van der Waals surface area contributed by atoms with Gasteiger partial charge in [-0.25, -0.2) is 8.78 Å². The third-order valence-electron chi connectivity index (χ3n) is 4.01. The van der Waals surface area contributed by atoms with Crippen molar-refractivity contribution in [2.45, 2.75) is 19.1 Å². The summed E-state index contributed by atoms with van der Waals surface area (Å²) in [5, 5.41) is 6.08. The van der Waals surface area contributed by atoms with E-state index < -0.39 is 35.3 Å².